The van der Waals surface area contributed by atoms with Crippen molar-refractivity contribution < 1.29 is 13.2 Å². The highest BCUT2D eigenvalue weighted by atomic mass is 19.1. The summed E-state index contributed by atoms with van der Waals surface area (Å²) < 4.78 is 38.3. The van der Waals surface area contributed by atoms with Crippen molar-refractivity contribution >= 4 is 66.8 Å². The number of aryl methyl sites for hydroxylation is 2. The van der Waals surface area contributed by atoms with Crippen LogP contribution in [0.2, 0.25) is 0 Å². The van der Waals surface area contributed by atoms with Gasteiger partial charge in [-0.05, 0) is 126 Å². The molecule has 1 aliphatic carbocycles. The summed E-state index contributed by atoms with van der Waals surface area (Å²) in [6, 6.07) is 73.3. The lowest BCUT2D eigenvalue weighted by Crippen LogP contribution is -2.29. The Morgan fingerprint density at radius 1 is 0.394 bits per heavy atom. The Kier molecular flexibility index (Phi) is 9.21. The van der Waals surface area contributed by atoms with E-state index in [0.717, 1.165) is 100.0 Å². The number of benzene rings is 10. The molecular weight excluding hydrogens is 815 g/mol. The Morgan fingerprint density at radius 2 is 0.864 bits per heavy atom. The van der Waals surface area contributed by atoms with Crippen LogP contribution in [0.1, 0.15) is 33.4 Å². The number of halogens is 2. The van der Waals surface area contributed by atoms with E-state index in [-0.39, 0.29) is 11.6 Å². The summed E-state index contributed by atoms with van der Waals surface area (Å²) in [4.78, 5) is 4.35. The lowest BCUT2D eigenvalue weighted by atomic mass is 9.67. The van der Waals surface area contributed by atoms with Gasteiger partial charge in [0.1, 0.15) is 22.8 Å². The molecule has 0 bridgehead atoms. The van der Waals surface area contributed by atoms with Gasteiger partial charge in [0, 0.05) is 39.1 Å². The summed E-state index contributed by atoms with van der Waals surface area (Å²) in [6.07, 6.45) is 0. The molecule has 0 saturated carbocycles. The van der Waals surface area contributed by atoms with Gasteiger partial charge in [-0.3, -0.25) is 0 Å². The monoisotopic (exact) mass is 856 g/mol. The minimum Gasteiger partial charge on any atom is -0.455 e. The van der Waals surface area contributed by atoms with E-state index in [0.29, 0.717) is 11.4 Å². The van der Waals surface area contributed by atoms with Crippen molar-refractivity contribution in [2.45, 2.75) is 19.3 Å². The van der Waals surface area contributed by atoms with E-state index in [2.05, 4.69) is 175 Å². The SMILES string of the molecule is Cc1ccc(N(c2cccc(F)c2)c2cc3c(c4ccccc24)-c2c(cc(N(c4ccc(C)cc4)c4cccc(F)c4)c4c2oc2ccccc24)C3(c2ccccc2)c2ccccc2)cc1. The van der Waals surface area contributed by atoms with Crippen molar-refractivity contribution in [2.24, 2.45) is 0 Å². The molecule has 0 N–H and O–H groups in total. The number of para-hydroxylation sites is 1. The molecule has 3 nitrogen and oxygen atoms in total. The summed E-state index contributed by atoms with van der Waals surface area (Å²) in [6.45, 7) is 4.15. The highest BCUT2D eigenvalue weighted by molar-refractivity contribution is 6.22. The fourth-order valence-electron chi connectivity index (χ4n) is 10.5. The van der Waals surface area contributed by atoms with Gasteiger partial charge in [-0.15, -0.1) is 0 Å². The topological polar surface area (TPSA) is 19.6 Å². The Bertz CT molecular complexity index is 3600. The van der Waals surface area contributed by atoms with Crippen molar-refractivity contribution in [1.82, 2.24) is 0 Å². The van der Waals surface area contributed by atoms with Gasteiger partial charge in [0.25, 0.3) is 0 Å². The number of rotatable bonds is 8. The van der Waals surface area contributed by atoms with Crippen LogP contribution in [0.4, 0.5) is 42.9 Å². The zero-order valence-electron chi connectivity index (χ0n) is 36.3. The van der Waals surface area contributed by atoms with Crippen LogP contribution in [-0.4, -0.2) is 0 Å². The minimum absolute atomic E-state index is 0.318. The molecule has 5 heteroatoms. The lowest BCUT2D eigenvalue weighted by molar-refractivity contribution is 0.627. The van der Waals surface area contributed by atoms with Gasteiger partial charge in [-0.1, -0.05) is 151 Å². The van der Waals surface area contributed by atoms with Gasteiger partial charge in [0.15, 0.2) is 0 Å². The molecule has 11 aromatic rings. The molecule has 12 rings (SSSR count). The number of anilines is 6. The molecule has 0 aliphatic heterocycles. The third-order valence-electron chi connectivity index (χ3n) is 13.3. The van der Waals surface area contributed by atoms with Gasteiger partial charge in [0.05, 0.1) is 22.2 Å². The standard InChI is InChI=1S/C61H42F2N2O/c1-39-27-31-45(32-28-39)64(47-21-13-19-43(62)35-47)54-37-52-57(50-24-10-9-23-49(50)54)59-53(61(52,41-15-5-3-6-16-41)42-17-7-4-8-18-42)38-55(58-51-25-11-12-26-56(51)66-60(58)59)65(46-33-29-40(2)30-34-46)48-22-14-20-44(63)36-48/h3-38H,1-2H3. The summed E-state index contributed by atoms with van der Waals surface area (Å²) >= 11 is 0. The predicted molar refractivity (Wildman–Crippen MR) is 267 cm³/mol. The molecule has 0 unspecified atom stereocenters. The van der Waals surface area contributed by atoms with Crippen molar-refractivity contribution in [1.29, 1.82) is 0 Å². The number of fused-ring (bicyclic) bond motifs is 9. The fourth-order valence-corrected chi connectivity index (χ4v) is 10.5. The van der Waals surface area contributed by atoms with E-state index in [1.165, 1.54) is 12.1 Å². The zero-order valence-corrected chi connectivity index (χ0v) is 36.3. The van der Waals surface area contributed by atoms with Gasteiger partial charge >= 0.3 is 0 Å². The lowest BCUT2D eigenvalue weighted by Gasteiger charge is -2.36. The maximum atomic E-state index is 15.6. The van der Waals surface area contributed by atoms with E-state index in [4.69, 9.17) is 4.42 Å². The molecule has 0 fully saturated rings. The van der Waals surface area contributed by atoms with Crippen LogP contribution in [0.3, 0.4) is 0 Å². The molecular formula is C61H42F2N2O. The molecule has 0 spiro atoms. The summed E-state index contributed by atoms with van der Waals surface area (Å²) in [5, 5.41) is 3.91. The Labute approximate surface area is 382 Å². The first-order valence-electron chi connectivity index (χ1n) is 22.3. The van der Waals surface area contributed by atoms with E-state index < -0.39 is 5.41 Å². The molecule has 1 aliphatic rings. The Hall–Kier alpha value is -8.28. The predicted octanol–water partition coefficient (Wildman–Crippen LogP) is 16.9. The van der Waals surface area contributed by atoms with Gasteiger partial charge in [-0.25, -0.2) is 8.78 Å². The molecule has 0 atom stereocenters. The highest BCUT2D eigenvalue weighted by Gasteiger charge is 2.49. The number of hydrogen-bond donors (Lipinski definition) is 0. The van der Waals surface area contributed by atoms with Crippen LogP contribution in [0.5, 0.6) is 0 Å². The molecule has 10 aromatic carbocycles. The second-order valence-electron chi connectivity index (χ2n) is 17.3. The molecule has 66 heavy (non-hydrogen) atoms. The second kappa shape index (κ2) is 15.5. The van der Waals surface area contributed by atoms with E-state index in [1.807, 2.05) is 30.3 Å². The molecule has 1 heterocycles. The first-order valence-corrected chi connectivity index (χ1v) is 22.3. The molecule has 0 saturated heterocycles. The number of hydrogen-bond acceptors (Lipinski definition) is 3. The summed E-state index contributed by atoms with van der Waals surface area (Å²) in [5.74, 6) is -0.647. The zero-order chi connectivity index (χ0) is 44.5. The number of nitrogens with zero attached hydrogens (tertiary/aromatic N) is 2. The third-order valence-corrected chi connectivity index (χ3v) is 13.3. The summed E-state index contributed by atoms with van der Waals surface area (Å²) in [5.41, 5.74) is 14.0. The number of furan rings is 1. The average molecular weight is 857 g/mol. The van der Waals surface area contributed by atoms with Crippen LogP contribution < -0.4 is 9.80 Å². The van der Waals surface area contributed by atoms with E-state index >= 15 is 8.78 Å². The normalized spacial score (nSPS) is 12.7. The maximum Gasteiger partial charge on any atom is 0.145 e. The van der Waals surface area contributed by atoms with Crippen LogP contribution in [0.25, 0.3) is 43.8 Å². The van der Waals surface area contributed by atoms with Crippen molar-refractivity contribution in [2.75, 3.05) is 9.80 Å². The molecule has 1 aromatic heterocycles. The molecule has 0 radical (unpaired) electrons. The van der Waals surface area contributed by atoms with Crippen LogP contribution in [0, 0.1) is 25.5 Å². The molecule has 0 amide bonds. The van der Waals surface area contributed by atoms with Crippen molar-refractivity contribution in [3.8, 4) is 11.1 Å². The Morgan fingerprint density at radius 3 is 1.42 bits per heavy atom. The van der Waals surface area contributed by atoms with Gasteiger partial charge < -0.3 is 14.2 Å². The van der Waals surface area contributed by atoms with Crippen molar-refractivity contribution in [3.05, 3.63) is 263 Å². The Balaban J connectivity index is 1.29. The van der Waals surface area contributed by atoms with E-state index in [9.17, 15) is 0 Å². The van der Waals surface area contributed by atoms with Gasteiger partial charge in [0.2, 0.25) is 0 Å². The largest absolute Gasteiger partial charge is 0.455 e. The maximum absolute atomic E-state index is 15.6. The average Bonchev–Trinajstić information content (AvgIpc) is 3.88. The van der Waals surface area contributed by atoms with Crippen LogP contribution >= 0.6 is 0 Å². The summed E-state index contributed by atoms with van der Waals surface area (Å²) in [7, 11) is 0. The third kappa shape index (κ3) is 6.08. The molecule has 316 valence electrons. The van der Waals surface area contributed by atoms with Crippen LogP contribution in [0.15, 0.2) is 223 Å². The fraction of sp³-hybridized carbons (Fsp3) is 0.0492. The second-order valence-corrected chi connectivity index (χ2v) is 17.3. The van der Waals surface area contributed by atoms with Crippen molar-refractivity contribution in [3.63, 3.8) is 0 Å². The first kappa shape index (κ1) is 39.3. The van der Waals surface area contributed by atoms with Crippen LogP contribution in [-0.2, 0) is 5.41 Å². The first-order chi connectivity index (χ1) is 32.4. The smallest absolute Gasteiger partial charge is 0.145 e. The van der Waals surface area contributed by atoms with Gasteiger partial charge in [-0.2, -0.15) is 0 Å². The highest BCUT2D eigenvalue weighted by Crippen LogP contribution is 2.63. The van der Waals surface area contributed by atoms with E-state index in [1.54, 1.807) is 24.3 Å². The minimum atomic E-state index is -0.921. The quantitative estimate of drug-likeness (QED) is 0.152.